The van der Waals surface area contributed by atoms with E-state index in [-0.39, 0.29) is 17.1 Å². The molecule has 9 heteroatoms. The Morgan fingerprint density at radius 2 is 1.91 bits per heavy atom. The molecule has 9 nitrogen and oxygen atoms in total. The van der Waals surface area contributed by atoms with E-state index in [0.717, 1.165) is 12.1 Å². The molecule has 0 atom stereocenters. The van der Waals surface area contributed by atoms with Crippen molar-refractivity contribution in [2.24, 2.45) is 0 Å². The number of benzene rings is 1. The molecule has 0 spiro atoms. The number of aromatic carboxylic acids is 1. The number of anilines is 2. The normalized spacial score (nSPS) is 10.9. The van der Waals surface area contributed by atoms with E-state index in [9.17, 15) is 15.0 Å². The van der Waals surface area contributed by atoms with Crippen LogP contribution in [-0.2, 0) is 0 Å². The molecule has 0 radical (unpaired) electrons. The van der Waals surface area contributed by atoms with Gasteiger partial charge >= 0.3 is 11.6 Å². The first kappa shape index (κ1) is 13.5. The first-order valence-electron chi connectivity index (χ1n) is 6.13. The Bertz CT molecular complexity index is 879. The van der Waals surface area contributed by atoms with Crippen molar-refractivity contribution in [3.8, 4) is 22.9 Å². The fourth-order valence-corrected chi connectivity index (χ4v) is 2.10. The van der Waals surface area contributed by atoms with E-state index in [1.807, 2.05) is 0 Å². The molecule has 3 rings (SSSR count). The van der Waals surface area contributed by atoms with Crippen LogP contribution in [0.1, 0.15) is 10.4 Å². The second-order valence-corrected chi connectivity index (χ2v) is 4.68. The van der Waals surface area contributed by atoms with Crippen LogP contribution < -0.4 is 16.5 Å². The molecule has 0 aliphatic carbocycles. The van der Waals surface area contributed by atoms with Gasteiger partial charge in [-0.05, 0) is 12.1 Å². The van der Waals surface area contributed by atoms with E-state index in [4.69, 9.17) is 16.6 Å². The van der Waals surface area contributed by atoms with E-state index < -0.39 is 17.3 Å². The number of phenols is 2. The van der Waals surface area contributed by atoms with Crippen molar-refractivity contribution in [2.45, 2.75) is 0 Å². The highest BCUT2D eigenvalue weighted by molar-refractivity contribution is 5.93. The summed E-state index contributed by atoms with van der Waals surface area (Å²) in [6.45, 7) is 0. The topological polar surface area (TPSA) is 173 Å². The SMILES string of the molecule is Nc1cc2[nH]c(-c3cc(O)c(C(=O)O)cc3O)[nH+]c2nc1N. The molecule has 0 amide bonds. The highest BCUT2D eigenvalue weighted by atomic mass is 16.4. The van der Waals surface area contributed by atoms with Gasteiger partial charge in [0.15, 0.2) is 5.52 Å². The summed E-state index contributed by atoms with van der Waals surface area (Å²) in [6.07, 6.45) is 0. The second kappa shape index (κ2) is 4.52. The van der Waals surface area contributed by atoms with Gasteiger partial charge in [0.2, 0.25) is 11.6 Å². The van der Waals surface area contributed by atoms with Gasteiger partial charge in [-0.15, -0.1) is 0 Å². The van der Waals surface area contributed by atoms with Crippen LogP contribution in [0.2, 0.25) is 0 Å². The van der Waals surface area contributed by atoms with Gasteiger partial charge in [-0.1, -0.05) is 4.98 Å². The van der Waals surface area contributed by atoms with Gasteiger partial charge in [-0.25, -0.2) is 9.78 Å². The smallest absolute Gasteiger partial charge is 0.339 e. The van der Waals surface area contributed by atoms with Gasteiger partial charge in [-0.2, -0.15) is 0 Å². The number of nitrogens with two attached hydrogens (primary N) is 2. The lowest BCUT2D eigenvalue weighted by Gasteiger charge is -2.03. The zero-order chi connectivity index (χ0) is 16.0. The molecule has 2 aromatic heterocycles. The minimum atomic E-state index is -1.35. The molecule has 1 aromatic carbocycles. The highest BCUT2D eigenvalue weighted by Gasteiger charge is 2.21. The zero-order valence-corrected chi connectivity index (χ0v) is 11.1. The molecule has 0 aliphatic rings. The van der Waals surface area contributed by atoms with Crippen molar-refractivity contribution in [1.29, 1.82) is 0 Å². The maximum absolute atomic E-state index is 10.9. The number of aromatic hydroxyl groups is 2. The van der Waals surface area contributed by atoms with Crippen molar-refractivity contribution in [1.82, 2.24) is 9.97 Å². The number of nitrogens with one attached hydrogen (secondary N) is 2. The molecule has 3 aromatic rings. The lowest BCUT2D eigenvalue weighted by atomic mass is 10.1. The number of hydrogen-bond donors (Lipinski definition) is 6. The van der Waals surface area contributed by atoms with Crippen LogP contribution >= 0.6 is 0 Å². The van der Waals surface area contributed by atoms with Crippen molar-refractivity contribution >= 4 is 28.6 Å². The molecule has 9 N–H and O–H groups in total. The lowest BCUT2D eigenvalue weighted by Crippen LogP contribution is -2.06. The van der Waals surface area contributed by atoms with Gasteiger partial charge < -0.3 is 26.8 Å². The molecule has 22 heavy (non-hydrogen) atoms. The molecule has 112 valence electrons. The Kier molecular flexibility index (Phi) is 2.77. The number of rotatable bonds is 2. The third-order valence-electron chi connectivity index (χ3n) is 3.20. The fourth-order valence-electron chi connectivity index (χ4n) is 2.10. The molecule has 0 bridgehead atoms. The maximum atomic E-state index is 10.9. The fraction of sp³-hybridized carbons (Fsp3) is 0. The van der Waals surface area contributed by atoms with Crippen molar-refractivity contribution in [3.63, 3.8) is 0 Å². The quantitative estimate of drug-likeness (QED) is 0.369. The van der Waals surface area contributed by atoms with Crippen LogP contribution in [0.5, 0.6) is 11.5 Å². The van der Waals surface area contributed by atoms with Gasteiger partial charge in [0.05, 0.1) is 11.3 Å². The summed E-state index contributed by atoms with van der Waals surface area (Å²) in [7, 11) is 0. The van der Waals surface area contributed by atoms with E-state index in [1.54, 1.807) is 6.07 Å². The second-order valence-electron chi connectivity index (χ2n) is 4.68. The van der Waals surface area contributed by atoms with E-state index >= 15 is 0 Å². The van der Waals surface area contributed by atoms with Crippen LogP contribution in [0.25, 0.3) is 22.6 Å². The standard InChI is InChI=1S/C13H11N5O4/c14-6-3-7-12(17-10(6)15)18-11(16-7)4-1-9(20)5(13(21)22)2-8(4)19/h1-3,19-20H,14H2,(H,21,22)(H3,15,16,17,18)/p+1. The minimum absolute atomic E-state index is 0.155. The van der Waals surface area contributed by atoms with Crippen molar-refractivity contribution < 1.29 is 25.1 Å². The third-order valence-corrected chi connectivity index (χ3v) is 3.20. The van der Waals surface area contributed by atoms with Crippen LogP contribution in [0.4, 0.5) is 11.5 Å². The van der Waals surface area contributed by atoms with Gasteiger partial charge in [0.25, 0.3) is 0 Å². The monoisotopic (exact) mass is 302 g/mol. The van der Waals surface area contributed by atoms with Crippen molar-refractivity contribution in [3.05, 3.63) is 23.8 Å². The molecule has 0 fully saturated rings. The Morgan fingerprint density at radius 1 is 1.18 bits per heavy atom. The van der Waals surface area contributed by atoms with E-state index in [0.29, 0.717) is 22.7 Å². The molecular formula is C13H12N5O4+. The molecule has 0 aliphatic heterocycles. The number of nitrogen functional groups attached to an aromatic ring is 2. The van der Waals surface area contributed by atoms with Gasteiger partial charge in [0, 0.05) is 6.07 Å². The van der Waals surface area contributed by atoms with Crippen molar-refractivity contribution in [2.75, 3.05) is 11.5 Å². The first-order chi connectivity index (χ1) is 10.4. The summed E-state index contributed by atoms with van der Waals surface area (Å²) in [5, 5.41) is 28.6. The summed E-state index contributed by atoms with van der Waals surface area (Å²) < 4.78 is 0. The van der Waals surface area contributed by atoms with Gasteiger partial charge in [-0.3, -0.25) is 4.98 Å². The average molecular weight is 302 g/mol. The minimum Gasteiger partial charge on any atom is -0.507 e. The Morgan fingerprint density at radius 3 is 2.59 bits per heavy atom. The number of aromatic nitrogens is 3. The van der Waals surface area contributed by atoms with Crippen LogP contribution in [0, 0.1) is 0 Å². The zero-order valence-electron chi connectivity index (χ0n) is 11.1. The molecule has 0 unspecified atom stereocenters. The third kappa shape index (κ3) is 2.00. The number of hydrogen-bond acceptors (Lipinski definition) is 6. The molecule has 2 heterocycles. The lowest BCUT2D eigenvalue weighted by molar-refractivity contribution is -0.333. The predicted molar refractivity (Wildman–Crippen MR) is 77.2 cm³/mol. The summed E-state index contributed by atoms with van der Waals surface area (Å²) in [5.74, 6) is -1.67. The average Bonchev–Trinajstić information content (AvgIpc) is 2.83. The number of carbonyl (C=O) groups is 1. The van der Waals surface area contributed by atoms with E-state index in [1.165, 1.54) is 0 Å². The van der Waals surface area contributed by atoms with E-state index in [2.05, 4.69) is 15.0 Å². The number of carboxylic acid groups (broad SMARTS) is 1. The maximum Gasteiger partial charge on any atom is 0.339 e. The van der Waals surface area contributed by atoms with Crippen LogP contribution in [-0.4, -0.2) is 31.3 Å². The number of H-pyrrole nitrogens is 2. The summed E-state index contributed by atoms with van der Waals surface area (Å²) >= 11 is 0. The Labute approximate surface area is 122 Å². The number of nitrogens with zero attached hydrogens (tertiary/aromatic N) is 1. The van der Waals surface area contributed by atoms with Crippen LogP contribution in [0.3, 0.4) is 0 Å². The molecule has 0 saturated carbocycles. The highest BCUT2D eigenvalue weighted by Crippen LogP contribution is 2.33. The van der Waals surface area contributed by atoms with Gasteiger partial charge in [0.1, 0.15) is 17.1 Å². The summed E-state index contributed by atoms with van der Waals surface area (Å²) in [5.41, 5.74) is 12.3. The first-order valence-corrected chi connectivity index (χ1v) is 6.13. The molecule has 0 saturated heterocycles. The van der Waals surface area contributed by atoms with Crippen LogP contribution in [0.15, 0.2) is 18.2 Å². The largest absolute Gasteiger partial charge is 0.507 e. The molecular weight excluding hydrogens is 290 g/mol. The number of fused-ring (bicyclic) bond motifs is 1. The predicted octanol–water partition coefficient (Wildman–Crippen LogP) is 0.318. The number of imidazole rings is 1. The number of pyridine rings is 1. The summed E-state index contributed by atoms with van der Waals surface area (Å²) in [4.78, 5) is 20.8. The number of carboxylic acids is 1. The summed E-state index contributed by atoms with van der Waals surface area (Å²) in [6, 6.07) is 3.66. The number of aromatic amines is 2. The Balaban J connectivity index is 2.19. The Hall–Kier alpha value is -3.49. The number of phenolic OH excluding ortho intramolecular Hbond substituents is 1.